The van der Waals surface area contributed by atoms with E-state index in [1.165, 1.54) is 5.56 Å². The second-order valence-electron chi connectivity index (χ2n) is 4.51. The monoisotopic (exact) mass is 247 g/mol. The van der Waals surface area contributed by atoms with Crippen LogP contribution in [0.4, 0.5) is 4.79 Å². The van der Waals surface area contributed by atoms with Crippen LogP contribution in [0, 0.1) is 0 Å². The molecule has 0 spiro atoms. The Hall–Kier alpha value is -1.55. The van der Waals surface area contributed by atoms with Crippen LogP contribution < -0.4 is 10.6 Å². The zero-order valence-electron chi connectivity index (χ0n) is 10.9. The molecule has 18 heavy (non-hydrogen) atoms. The van der Waals surface area contributed by atoms with Gasteiger partial charge in [0.2, 0.25) is 0 Å². The van der Waals surface area contributed by atoms with Gasteiger partial charge in [-0.25, -0.2) is 4.79 Å². The summed E-state index contributed by atoms with van der Waals surface area (Å²) in [4.78, 5) is 13.8. The van der Waals surface area contributed by atoms with Crippen LogP contribution >= 0.6 is 0 Å². The maximum absolute atomic E-state index is 11.8. The highest BCUT2D eigenvalue weighted by molar-refractivity contribution is 5.77. The molecule has 1 heterocycles. The lowest BCUT2D eigenvalue weighted by molar-refractivity contribution is 0.203. The molecule has 2 N–H and O–H groups in total. The number of hydrogen-bond donors (Lipinski definition) is 2. The Kier molecular flexibility index (Phi) is 4.59. The SMILES string of the molecule is CCNCCCN1C(=O)NCC1c1ccccc1. The molecule has 1 aliphatic heterocycles. The molecule has 2 rings (SSSR count). The zero-order chi connectivity index (χ0) is 12.8. The van der Waals surface area contributed by atoms with Crippen LogP contribution in [0.15, 0.2) is 30.3 Å². The highest BCUT2D eigenvalue weighted by atomic mass is 16.2. The van der Waals surface area contributed by atoms with E-state index in [0.29, 0.717) is 6.54 Å². The summed E-state index contributed by atoms with van der Waals surface area (Å²) >= 11 is 0. The third kappa shape index (κ3) is 3.01. The molecule has 1 atom stereocenters. The van der Waals surface area contributed by atoms with E-state index in [9.17, 15) is 4.79 Å². The number of nitrogens with one attached hydrogen (secondary N) is 2. The van der Waals surface area contributed by atoms with Crippen molar-refractivity contribution in [2.24, 2.45) is 0 Å². The van der Waals surface area contributed by atoms with Crippen molar-refractivity contribution in [3.63, 3.8) is 0 Å². The van der Waals surface area contributed by atoms with E-state index in [1.807, 2.05) is 23.1 Å². The maximum atomic E-state index is 11.8. The van der Waals surface area contributed by atoms with Gasteiger partial charge in [0.05, 0.1) is 6.04 Å². The second kappa shape index (κ2) is 6.40. The van der Waals surface area contributed by atoms with Gasteiger partial charge >= 0.3 is 6.03 Å². The molecule has 0 aliphatic carbocycles. The van der Waals surface area contributed by atoms with Crippen molar-refractivity contribution < 1.29 is 4.79 Å². The molecule has 1 aliphatic rings. The van der Waals surface area contributed by atoms with Crippen LogP contribution in [0.3, 0.4) is 0 Å². The Morgan fingerprint density at radius 1 is 1.39 bits per heavy atom. The summed E-state index contributed by atoms with van der Waals surface area (Å²) in [7, 11) is 0. The topological polar surface area (TPSA) is 44.4 Å². The summed E-state index contributed by atoms with van der Waals surface area (Å²) in [5.41, 5.74) is 1.21. The smallest absolute Gasteiger partial charge is 0.318 e. The van der Waals surface area contributed by atoms with Crippen molar-refractivity contribution in [2.45, 2.75) is 19.4 Å². The van der Waals surface area contributed by atoms with E-state index in [2.05, 4.69) is 29.7 Å². The number of urea groups is 1. The molecule has 98 valence electrons. The quantitative estimate of drug-likeness (QED) is 0.752. The lowest BCUT2D eigenvalue weighted by Crippen LogP contribution is -2.32. The van der Waals surface area contributed by atoms with Gasteiger partial charge in [-0.3, -0.25) is 0 Å². The number of rotatable bonds is 6. The Morgan fingerprint density at radius 3 is 2.89 bits per heavy atom. The van der Waals surface area contributed by atoms with Gasteiger partial charge < -0.3 is 15.5 Å². The first-order chi connectivity index (χ1) is 8.83. The van der Waals surface area contributed by atoms with Crippen molar-refractivity contribution in [2.75, 3.05) is 26.2 Å². The third-order valence-corrected chi connectivity index (χ3v) is 3.27. The second-order valence-corrected chi connectivity index (χ2v) is 4.51. The molecule has 0 aromatic heterocycles. The van der Waals surface area contributed by atoms with E-state index < -0.39 is 0 Å². The summed E-state index contributed by atoms with van der Waals surface area (Å²) in [5, 5.41) is 6.21. The van der Waals surface area contributed by atoms with Crippen LogP contribution in [-0.4, -0.2) is 37.1 Å². The fourth-order valence-electron chi connectivity index (χ4n) is 2.32. The molecule has 4 heteroatoms. The van der Waals surface area contributed by atoms with E-state index in [4.69, 9.17) is 0 Å². The molecule has 0 bridgehead atoms. The largest absolute Gasteiger partial charge is 0.336 e. The molecule has 4 nitrogen and oxygen atoms in total. The summed E-state index contributed by atoms with van der Waals surface area (Å²) in [5.74, 6) is 0. The summed E-state index contributed by atoms with van der Waals surface area (Å²) < 4.78 is 0. The highest BCUT2D eigenvalue weighted by Gasteiger charge is 2.30. The number of benzene rings is 1. The minimum atomic E-state index is 0.0559. The van der Waals surface area contributed by atoms with Gasteiger partial charge in [0.1, 0.15) is 0 Å². The van der Waals surface area contributed by atoms with Crippen molar-refractivity contribution in [1.29, 1.82) is 0 Å². The molecular weight excluding hydrogens is 226 g/mol. The van der Waals surface area contributed by atoms with Crippen LogP contribution in [0.2, 0.25) is 0 Å². The fraction of sp³-hybridized carbons (Fsp3) is 0.500. The van der Waals surface area contributed by atoms with E-state index in [0.717, 1.165) is 26.1 Å². The molecule has 0 radical (unpaired) electrons. The van der Waals surface area contributed by atoms with Gasteiger partial charge in [-0.05, 0) is 25.1 Å². The van der Waals surface area contributed by atoms with Crippen molar-refractivity contribution in [1.82, 2.24) is 15.5 Å². The van der Waals surface area contributed by atoms with Crippen molar-refractivity contribution >= 4 is 6.03 Å². The van der Waals surface area contributed by atoms with Crippen LogP contribution in [0.25, 0.3) is 0 Å². The Labute approximate surface area is 108 Å². The van der Waals surface area contributed by atoms with Gasteiger partial charge in [-0.15, -0.1) is 0 Å². The van der Waals surface area contributed by atoms with E-state index in [-0.39, 0.29) is 12.1 Å². The predicted octanol–water partition coefficient (Wildman–Crippen LogP) is 1.75. The molecule has 0 saturated carbocycles. The van der Waals surface area contributed by atoms with Gasteiger partial charge in [0.25, 0.3) is 0 Å². The number of nitrogens with zero attached hydrogens (tertiary/aromatic N) is 1. The summed E-state index contributed by atoms with van der Waals surface area (Å²) in [6, 6.07) is 10.5. The molecule has 1 fully saturated rings. The fourth-order valence-corrected chi connectivity index (χ4v) is 2.32. The first-order valence-electron chi connectivity index (χ1n) is 6.63. The minimum absolute atomic E-state index is 0.0559. The van der Waals surface area contributed by atoms with Crippen molar-refractivity contribution in [3.8, 4) is 0 Å². The first-order valence-corrected chi connectivity index (χ1v) is 6.63. The lowest BCUT2D eigenvalue weighted by atomic mass is 10.1. The van der Waals surface area contributed by atoms with Crippen LogP contribution in [-0.2, 0) is 0 Å². The molecule has 2 amide bonds. The van der Waals surface area contributed by atoms with Gasteiger partial charge in [-0.1, -0.05) is 37.3 Å². The number of hydrogen-bond acceptors (Lipinski definition) is 2. The van der Waals surface area contributed by atoms with Crippen molar-refractivity contribution in [3.05, 3.63) is 35.9 Å². The average molecular weight is 247 g/mol. The minimum Gasteiger partial charge on any atom is -0.336 e. The Bertz CT molecular complexity index is 380. The first kappa shape index (κ1) is 12.9. The standard InChI is InChI=1S/C14H21N3O/c1-2-15-9-6-10-17-13(11-16-14(17)18)12-7-4-3-5-8-12/h3-5,7-8,13,15H,2,6,9-11H2,1H3,(H,16,18). The molecule has 1 aromatic rings. The number of amides is 2. The highest BCUT2D eigenvalue weighted by Crippen LogP contribution is 2.24. The van der Waals surface area contributed by atoms with Gasteiger partial charge in [0, 0.05) is 13.1 Å². The molecule has 1 saturated heterocycles. The Balaban J connectivity index is 1.95. The van der Waals surface area contributed by atoms with Gasteiger partial charge in [-0.2, -0.15) is 0 Å². The Morgan fingerprint density at radius 2 is 2.17 bits per heavy atom. The molecule has 1 aromatic carbocycles. The zero-order valence-corrected chi connectivity index (χ0v) is 10.9. The van der Waals surface area contributed by atoms with E-state index in [1.54, 1.807) is 0 Å². The predicted molar refractivity (Wildman–Crippen MR) is 72.4 cm³/mol. The normalized spacial score (nSPS) is 19.1. The van der Waals surface area contributed by atoms with E-state index >= 15 is 0 Å². The maximum Gasteiger partial charge on any atom is 0.318 e. The average Bonchev–Trinajstić information content (AvgIpc) is 2.77. The summed E-state index contributed by atoms with van der Waals surface area (Å²) in [6.07, 6.45) is 0.991. The lowest BCUT2D eigenvalue weighted by Gasteiger charge is -2.23. The summed E-state index contributed by atoms with van der Waals surface area (Å²) in [6.45, 7) is 5.55. The van der Waals surface area contributed by atoms with Crippen LogP contribution in [0.1, 0.15) is 24.9 Å². The van der Waals surface area contributed by atoms with Gasteiger partial charge in [0.15, 0.2) is 0 Å². The molecule has 1 unspecified atom stereocenters. The number of carbonyl (C=O) groups is 1. The third-order valence-electron chi connectivity index (χ3n) is 3.27. The molecular formula is C14H21N3O. The number of carbonyl (C=O) groups excluding carboxylic acids is 1. The van der Waals surface area contributed by atoms with Crippen LogP contribution in [0.5, 0.6) is 0 Å².